The third-order valence-electron chi connectivity index (χ3n) is 3.71. The van der Waals surface area contributed by atoms with Crippen LogP contribution in [0.4, 0.5) is 5.13 Å². The molecule has 2 atom stereocenters. The van der Waals surface area contributed by atoms with E-state index in [1.54, 1.807) is 6.07 Å². The lowest BCUT2D eigenvalue weighted by molar-refractivity contribution is -0.128. The summed E-state index contributed by atoms with van der Waals surface area (Å²) in [6.45, 7) is 1.81. The number of hydrogen-bond donors (Lipinski definition) is 2. The molecule has 1 aliphatic rings. The summed E-state index contributed by atoms with van der Waals surface area (Å²) in [4.78, 5) is 20.0. The molecule has 6 nitrogen and oxygen atoms in total. The largest absolute Gasteiger partial charge is 0.482 e. The first-order valence-electron chi connectivity index (χ1n) is 7.53. The van der Waals surface area contributed by atoms with Crippen LogP contribution in [0.2, 0.25) is 0 Å². The number of hydrogen-bond acceptors (Lipinski definition) is 5. The van der Waals surface area contributed by atoms with E-state index in [0.717, 1.165) is 11.4 Å². The molecule has 3 aromatic rings. The Kier molecular flexibility index (Phi) is 3.70. The summed E-state index contributed by atoms with van der Waals surface area (Å²) in [7, 11) is 0. The average molecular weight is 341 g/mol. The van der Waals surface area contributed by atoms with Crippen molar-refractivity contribution < 1.29 is 14.3 Å². The number of thiazole rings is 1. The normalized spacial score (nSPS) is 19.0. The maximum absolute atomic E-state index is 12.5. The Bertz CT molecular complexity index is 860. The van der Waals surface area contributed by atoms with Crippen LogP contribution in [0.1, 0.15) is 6.92 Å². The minimum Gasteiger partial charge on any atom is -0.482 e. The number of aromatic nitrogens is 2. The van der Waals surface area contributed by atoms with Crippen molar-refractivity contribution in [3.8, 4) is 22.9 Å². The lowest BCUT2D eigenvalue weighted by atomic mass is 10.1. The van der Waals surface area contributed by atoms with Crippen molar-refractivity contribution in [2.75, 3.05) is 5.32 Å². The van der Waals surface area contributed by atoms with Gasteiger partial charge in [-0.2, -0.15) is 0 Å². The van der Waals surface area contributed by atoms with Crippen molar-refractivity contribution in [3.05, 3.63) is 48.0 Å². The van der Waals surface area contributed by atoms with Gasteiger partial charge in [-0.3, -0.25) is 10.1 Å². The van der Waals surface area contributed by atoms with Crippen LogP contribution in [0.3, 0.4) is 0 Å². The number of benzene rings is 1. The Morgan fingerprint density at radius 3 is 2.75 bits per heavy atom. The monoisotopic (exact) mass is 341 g/mol. The van der Waals surface area contributed by atoms with Gasteiger partial charge in [-0.1, -0.05) is 12.1 Å². The highest BCUT2D eigenvalue weighted by Gasteiger charge is 2.34. The Labute approximate surface area is 142 Å². The predicted octanol–water partition coefficient (Wildman–Crippen LogP) is 3.31. The van der Waals surface area contributed by atoms with Crippen molar-refractivity contribution in [2.45, 2.75) is 19.1 Å². The average Bonchev–Trinajstić information content (AvgIpc) is 3.25. The summed E-state index contributed by atoms with van der Waals surface area (Å²) in [5, 5.41) is 5.22. The first kappa shape index (κ1) is 14.8. The summed E-state index contributed by atoms with van der Waals surface area (Å²) < 4.78 is 11.6. The van der Waals surface area contributed by atoms with Crippen molar-refractivity contribution >= 4 is 22.4 Å². The summed E-state index contributed by atoms with van der Waals surface area (Å²) in [6, 6.07) is 11.2. The molecular weight excluding hydrogens is 326 g/mol. The second kappa shape index (κ2) is 6.01. The highest BCUT2D eigenvalue weighted by Crippen LogP contribution is 2.34. The first-order valence-corrected chi connectivity index (χ1v) is 8.41. The van der Waals surface area contributed by atoms with Gasteiger partial charge in [-0.15, -0.1) is 11.3 Å². The number of rotatable bonds is 3. The Morgan fingerprint density at radius 1 is 1.21 bits per heavy atom. The second-order valence-corrected chi connectivity index (χ2v) is 6.28. The number of para-hydroxylation sites is 2. The zero-order valence-corrected chi connectivity index (χ0v) is 13.7. The van der Waals surface area contributed by atoms with E-state index in [2.05, 4.69) is 15.3 Å². The molecule has 0 radical (unpaired) electrons. The molecule has 0 unspecified atom stereocenters. The van der Waals surface area contributed by atoms with Gasteiger partial charge in [-0.25, -0.2) is 4.98 Å². The van der Waals surface area contributed by atoms with E-state index in [9.17, 15) is 4.79 Å². The number of anilines is 1. The quantitative estimate of drug-likeness (QED) is 0.766. The van der Waals surface area contributed by atoms with E-state index in [4.69, 9.17) is 9.47 Å². The third kappa shape index (κ3) is 2.74. The smallest absolute Gasteiger partial charge is 0.271 e. The topological polar surface area (TPSA) is 76.2 Å². The maximum atomic E-state index is 12.5. The van der Waals surface area contributed by atoms with Gasteiger partial charge >= 0.3 is 0 Å². The molecule has 0 saturated carbocycles. The lowest BCUT2D eigenvalue weighted by Crippen LogP contribution is -2.46. The van der Waals surface area contributed by atoms with Crippen molar-refractivity contribution in [1.29, 1.82) is 0 Å². The number of carbonyl (C=O) groups is 1. The molecule has 1 amide bonds. The summed E-state index contributed by atoms with van der Waals surface area (Å²) in [5.74, 6) is 0.948. The van der Waals surface area contributed by atoms with Crippen LogP contribution in [0.25, 0.3) is 11.4 Å². The Balaban J connectivity index is 1.49. The highest BCUT2D eigenvalue weighted by molar-refractivity contribution is 7.14. The molecule has 2 N–H and O–H groups in total. The van der Waals surface area contributed by atoms with Crippen LogP contribution >= 0.6 is 11.3 Å². The van der Waals surface area contributed by atoms with Gasteiger partial charge in [0.15, 0.2) is 16.6 Å². The number of nitrogens with one attached hydrogen (secondary N) is 2. The number of aromatic amines is 1. The standard InChI is InChI=1S/C17H15N3O3S/c1-10-15(23-14-7-3-2-6-13(14)22-10)16(21)20-17-19-12(9-24-17)11-5-4-8-18-11/h2-10,15,18H,1H3,(H,19,20,21)/t10-,15+/m1/s1. The van der Waals surface area contributed by atoms with E-state index in [1.807, 2.05) is 48.8 Å². The molecule has 1 aliphatic heterocycles. The van der Waals surface area contributed by atoms with Gasteiger partial charge in [0, 0.05) is 11.6 Å². The highest BCUT2D eigenvalue weighted by atomic mass is 32.1. The van der Waals surface area contributed by atoms with Gasteiger partial charge in [0.25, 0.3) is 5.91 Å². The van der Waals surface area contributed by atoms with Crippen molar-refractivity contribution in [2.24, 2.45) is 0 Å². The van der Waals surface area contributed by atoms with Gasteiger partial charge < -0.3 is 14.5 Å². The van der Waals surface area contributed by atoms with E-state index in [-0.39, 0.29) is 12.0 Å². The maximum Gasteiger partial charge on any atom is 0.271 e. The zero-order chi connectivity index (χ0) is 16.5. The fourth-order valence-corrected chi connectivity index (χ4v) is 3.24. The minimum atomic E-state index is -0.724. The minimum absolute atomic E-state index is 0.274. The summed E-state index contributed by atoms with van der Waals surface area (Å²) in [6.07, 6.45) is 0.722. The Hall–Kier alpha value is -2.80. The molecule has 4 rings (SSSR count). The molecule has 2 aromatic heterocycles. The first-order chi connectivity index (χ1) is 11.7. The van der Waals surface area contributed by atoms with Crippen LogP contribution in [0.5, 0.6) is 11.5 Å². The molecule has 0 bridgehead atoms. The predicted molar refractivity (Wildman–Crippen MR) is 91.5 cm³/mol. The van der Waals surface area contributed by atoms with E-state index in [1.165, 1.54) is 11.3 Å². The van der Waals surface area contributed by atoms with Crippen LogP contribution in [-0.2, 0) is 4.79 Å². The molecule has 3 heterocycles. The van der Waals surface area contributed by atoms with Crippen LogP contribution in [-0.4, -0.2) is 28.1 Å². The lowest BCUT2D eigenvalue weighted by Gasteiger charge is -2.30. The molecule has 122 valence electrons. The molecule has 0 fully saturated rings. The van der Waals surface area contributed by atoms with Crippen molar-refractivity contribution in [3.63, 3.8) is 0 Å². The molecule has 0 saturated heterocycles. The van der Waals surface area contributed by atoms with Crippen molar-refractivity contribution in [1.82, 2.24) is 9.97 Å². The summed E-state index contributed by atoms with van der Waals surface area (Å²) in [5.41, 5.74) is 1.70. The zero-order valence-electron chi connectivity index (χ0n) is 12.9. The number of H-pyrrole nitrogens is 1. The number of ether oxygens (including phenoxy) is 2. The fourth-order valence-electron chi connectivity index (χ4n) is 2.53. The van der Waals surface area contributed by atoms with Gasteiger partial charge in [0.05, 0.1) is 11.4 Å². The molecule has 0 spiro atoms. The Morgan fingerprint density at radius 2 is 2.00 bits per heavy atom. The van der Waals surface area contributed by atoms with Gasteiger partial charge in [-0.05, 0) is 31.2 Å². The fraction of sp³-hybridized carbons (Fsp3) is 0.176. The number of fused-ring (bicyclic) bond motifs is 1. The van der Waals surface area contributed by atoms with Crippen LogP contribution in [0.15, 0.2) is 48.0 Å². The number of amides is 1. The van der Waals surface area contributed by atoms with Crippen LogP contribution < -0.4 is 14.8 Å². The molecule has 0 aliphatic carbocycles. The van der Waals surface area contributed by atoms with E-state index in [0.29, 0.717) is 16.6 Å². The third-order valence-corrected chi connectivity index (χ3v) is 4.47. The van der Waals surface area contributed by atoms with Gasteiger partial charge in [0.1, 0.15) is 6.10 Å². The molecular formula is C17H15N3O3S. The molecule has 1 aromatic carbocycles. The molecule has 24 heavy (non-hydrogen) atoms. The SMILES string of the molecule is C[C@H]1Oc2ccccc2O[C@@H]1C(=O)Nc1nc(-c2ccc[nH]2)cs1. The van der Waals surface area contributed by atoms with Crippen LogP contribution in [0, 0.1) is 0 Å². The second-order valence-electron chi connectivity index (χ2n) is 5.42. The summed E-state index contributed by atoms with van der Waals surface area (Å²) >= 11 is 1.37. The van der Waals surface area contributed by atoms with E-state index < -0.39 is 6.10 Å². The van der Waals surface area contributed by atoms with Gasteiger partial charge in [0.2, 0.25) is 6.10 Å². The molecule has 7 heteroatoms. The number of nitrogens with zero attached hydrogens (tertiary/aromatic N) is 1. The van der Waals surface area contributed by atoms with E-state index >= 15 is 0 Å². The number of carbonyl (C=O) groups excluding carboxylic acids is 1.